The first-order chi connectivity index (χ1) is 6.16. The lowest BCUT2D eigenvalue weighted by Gasteiger charge is -2.03. The normalized spacial score (nSPS) is 15.1. The Morgan fingerprint density at radius 2 is 2.23 bits per heavy atom. The smallest absolute Gasteiger partial charge is 0.0384 e. The van der Waals surface area contributed by atoms with Crippen molar-refractivity contribution in [2.75, 3.05) is 0 Å². The van der Waals surface area contributed by atoms with Gasteiger partial charge in [0.05, 0.1) is 0 Å². The summed E-state index contributed by atoms with van der Waals surface area (Å²) in [6.45, 7) is 4.20. The average molecular weight is 174 g/mol. The molecule has 1 aromatic heterocycles. The quantitative estimate of drug-likeness (QED) is 0.588. The van der Waals surface area contributed by atoms with E-state index in [4.69, 9.17) is 5.41 Å². The summed E-state index contributed by atoms with van der Waals surface area (Å²) >= 11 is 0. The molecule has 0 atom stereocenters. The zero-order valence-corrected chi connectivity index (χ0v) is 8.07. The number of rotatable bonds is 0. The molecule has 0 saturated heterocycles. The SMILES string of the molecule is CC(C)=c1cc2c([nH]1)=CCC(=N)C2. The lowest BCUT2D eigenvalue weighted by molar-refractivity contribution is 1.15. The molecule has 0 unspecified atom stereocenters. The Morgan fingerprint density at radius 3 is 2.92 bits per heavy atom. The van der Waals surface area contributed by atoms with Crippen LogP contribution in [0.3, 0.4) is 0 Å². The number of nitrogens with one attached hydrogen (secondary N) is 2. The molecule has 0 aliphatic heterocycles. The second-order valence-electron chi connectivity index (χ2n) is 3.81. The largest absolute Gasteiger partial charge is 0.356 e. The Bertz CT molecular complexity index is 459. The summed E-state index contributed by atoms with van der Waals surface area (Å²) in [7, 11) is 0. The highest BCUT2D eigenvalue weighted by molar-refractivity contribution is 5.89. The molecule has 2 N–H and O–H groups in total. The van der Waals surface area contributed by atoms with Crippen molar-refractivity contribution < 1.29 is 0 Å². The maximum absolute atomic E-state index is 7.58. The van der Waals surface area contributed by atoms with Gasteiger partial charge in [0.1, 0.15) is 0 Å². The third kappa shape index (κ3) is 1.44. The van der Waals surface area contributed by atoms with Gasteiger partial charge >= 0.3 is 0 Å². The molecular weight excluding hydrogens is 160 g/mol. The highest BCUT2D eigenvalue weighted by Crippen LogP contribution is 2.01. The number of hydrogen-bond acceptors (Lipinski definition) is 1. The molecule has 2 heteroatoms. The van der Waals surface area contributed by atoms with Crippen LogP contribution in [0.1, 0.15) is 25.8 Å². The Balaban J connectivity index is 2.65. The van der Waals surface area contributed by atoms with Gasteiger partial charge in [0.25, 0.3) is 0 Å². The summed E-state index contributed by atoms with van der Waals surface area (Å²) in [5.74, 6) is 0. The van der Waals surface area contributed by atoms with Crippen LogP contribution in [0.25, 0.3) is 11.6 Å². The van der Waals surface area contributed by atoms with E-state index in [9.17, 15) is 0 Å². The van der Waals surface area contributed by atoms with Crippen LogP contribution in [0.4, 0.5) is 0 Å². The molecule has 1 aliphatic rings. The Hall–Kier alpha value is -1.31. The molecule has 68 valence electrons. The topological polar surface area (TPSA) is 39.6 Å². The molecule has 1 aromatic rings. The fourth-order valence-corrected chi connectivity index (χ4v) is 1.64. The average Bonchev–Trinajstić information content (AvgIpc) is 2.46. The van der Waals surface area contributed by atoms with Gasteiger partial charge in [-0.15, -0.1) is 0 Å². The monoisotopic (exact) mass is 174 g/mol. The molecule has 0 aromatic carbocycles. The third-order valence-corrected chi connectivity index (χ3v) is 2.43. The predicted molar refractivity (Wildman–Crippen MR) is 55.3 cm³/mol. The van der Waals surface area contributed by atoms with Gasteiger partial charge in [-0.1, -0.05) is 11.6 Å². The fraction of sp³-hybridized carbons (Fsp3) is 0.364. The fourth-order valence-electron chi connectivity index (χ4n) is 1.64. The molecule has 0 fully saturated rings. The molecular formula is C11H14N2. The Morgan fingerprint density at radius 1 is 1.46 bits per heavy atom. The van der Waals surface area contributed by atoms with Crippen LogP contribution >= 0.6 is 0 Å². The minimum atomic E-state index is 0.801. The number of hydrogen-bond donors (Lipinski definition) is 2. The van der Waals surface area contributed by atoms with Crippen molar-refractivity contribution in [3.63, 3.8) is 0 Å². The van der Waals surface area contributed by atoms with Gasteiger partial charge in [-0.05, 0) is 25.5 Å². The summed E-state index contributed by atoms with van der Waals surface area (Å²) in [4.78, 5) is 3.36. The third-order valence-electron chi connectivity index (χ3n) is 2.43. The van der Waals surface area contributed by atoms with Crippen molar-refractivity contribution >= 4 is 17.4 Å². The van der Waals surface area contributed by atoms with Crippen molar-refractivity contribution in [1.82, 2.24) is 4.98 Å². The number of aromatic nitrogens is 1. The first-order valence-corrected chi connectivity index (χ1v) is 4.58. The van der Waals surface area contributed by atoms with E-state index in [0.717, 1.165) is 18.6 Å². The van der Waals surface area contributed by atoms with Crippen molar-refractivity contribution in [2.24, 2.45) is 0 Å². The standard InChI is InChI=1S/C11H14N2/c1-7(2)11-6-8-5-9(12)3-4-10(8)13-11/h4,6,12-13H,3,5H2,1-2H3. The van der Waals surface area contributed by atoms with E-state index in [-0.39, 0.29) is 0 Å². The van der Waals surface area contributed by atoms with Crippen molar-refractivity contribution in [1.29, 1.82) is 5.41 Å². The van der Waals surface area contributed by atoms with E-state index < -0.39 is 0 Å². The summed E-state index contributed by atoms with van der Waals surface area (Å²) in [6, 6.07) is 2.16. The van der Waals surface area contributed by atoms with Gasteiger partial charge in [0, 0.05) is 29.3 Å². The summed E-state index contributed by atoms with van der Waals surface area (Å²) < 4.78 is 0. The summed E-state index contributed by atoms with van der Waals surface area (Å²) in [6.07, 6.45) is 3.72. The molecule has 1 aliphatic carbocycles. The number of aromatic amines is 1. The molecule has 0 bridgehead atoms. The first kappa shape index (κ1) is 8.30. The second kappa shape index (κ2) is 2.87. The Labute approximate surface area is 77.5 Å². The van der Waals surface area contributed by atoms with Crippen molar-refractivity contribution in [3.05, 3.63) is 22.3 Å². The van der Waals surface area contributed by atoms with Gasteiger partial charge in [-0.25, -0.2) is 0 Å². The van der Waals surface area contributed by atoms with Crippen LogP contribution in [-0.4, -0.2) is 10.7 Å². The van der Waals surface area contributed by atoms with E-state index in [2.05, 4.69) is 31.0 Å². The van der Waals surface area contributed by atoms with Gasteiger partial charge < -0.3 is 10.4 Å². The van der Waals surface area contributed by atoms with Crippen molar-refractivity contribution in [3.8, 4) is 0 Å². The van der Waals surface area contributed by atoms with E-state index in [1.807, 2.05) is 0 Å². The molecule has 0 radical (unpaired) electrons. The zero-order chi connectivity index (χ0) is 9.42. The van der Waals surface area contributed by atoms with Crippen molar-refractivity contribution in [2.45, 2.75) is 26.7 Å². The number of fused-ring (bicyclic) bond motifs is 1. The molecule has 2 rings (SSSR count). The minimum absolute atomic E-state index is 0.801. The first-order valence-electron chi connectivity index (χ1n) is 4.58. The van der Waals surface area contributed by atoms with E-state index in [1.165, 1.54) is 21.8 Å². The minimum Gasteiger partial charge on any atom is -0.356 e. The van der Waals surface area contributed by atoms with Gasteiger partial charge in [0.15, 0.2) is 0 Å². The van der Waals surface area contributed by atoms with Gasteiger partial charge in [-0.3, -0.25) is 0 Å². The van der Waals surface area contributed by atoms with Gasteiger partial charge in [0.2, 0.25) is 0 Å². The highest BCUT2D eigenvalue weighted by Gasteiger charge is 2.07. The van der Waals surface area contributed by atoms with Crippen LogP contribution in [0.5, 0.6) is 0 Å². The lowest BCUT2D eigenvalue weighted by atomic mass is 10.0. The van der Waals surface area contributed by atoms with Gasteiger partial charge in [-0.2, -0.15) is 0 Å². The molecule has 0 spiro atoms. The molecule has 2 nitrogen and oxygen atoms in total. The van der Waals surface area contributed by atoms with E-state index in [0.29, 0.717) is 0 Å². The highest BCUT2D eigenvalue weighted by atomic mass is 14.7. The van der Waals surface area contributed by atoms with Crippen LogP contribution in [0.2, 0.25) is 0 Å². The Kier molecular flexibility index (Phi) is 1.83. The van der Waals surface area contributed by atoms with Crippen LogP contribution < -0.4 is 10.7 Å². The van der Waals surface area contributed by atoms with Crippen LogP contribution in [0.15, 0.2) is 6.07 Å². The van der Waals surface area contributed by atoms with E-state index >= 15 is 0 Å². The predicted octanol–water partition coefficient (Wildman–Crippen LogP) is 0.952. The van der Waals surface area contributed by atoms with E-state index in [1.54, 1.807) is 0 Å². The lowest BCUT2D eigenvalue weighted by Crippen LogP contribution is -2.19. The maximum Gasteiger partial charge on any atom is 0.0384 e. The maximum atomic E-state index is 7.58. The second-order valence-corrected chi connectivity index (χ2v) is 3.81. The molecule has 1 heterocycles. The van der Waals surface area contributed by atoms with Crippen LogP contribution in [-0.2, 0) is 6.42 Å². The van der Waals surface area contributed by atoms with Crippen LogP contribution in [0, 0.1) is 5.41 Å². The molecule has 0 saturated carbocycles. The molecule has 0 amide bonds. The molecule has 13 heavy (non-hydrogen) atoms. The number of H-pyrrole nitrogens is 1. The summed E-state index contributed by atoms with van der Waals surface area (Å²) in [5, 5.41) is 10.0. The zero-order valence-electron chi connectivity index (χ0n) is 8.07. The summed E-state index contributed by atoms with van der Waals surface area (Å²) in [5.41, 5.74) is 3.38.